The fraction of sp³-hybridized carbons (Fsp3) is 0.481. The van der Waals surface area contributed by atoms with Crippen LogP contribution >= 0.6 is 11.6 Å². The van der Waals surface area contributed by atoms with E-state index in [9.17, 15) is 14.7 Å². The number of nitrogens with one attached hydrogen (secondary N) is 4. The molecule has 3 unspecified atom stereocenters. The first-order chi connectivity index (χ1) is 18.5. The quantitative estimate of drug-likeness (QED) is 0.206. The van der Waals surface area contributed by atoms with Crippen LogP contribution in [0.4, 0.5) is 23.1 Å². The van der Waals surface area contributed by atoms with Crippen molar-refractivity contribution in [3.8, 4) is 0 Å². The van der Waals surface area contributed by atoms with E-state index in [0.29, 0.717) is 34.6 Å². The van der Waals surface area contributed by atoms with E-state index in [1.165, 1.54) is 12.3 Å². The van der Waals surface area contributed by atoms with Crippen molar-refractivity contribution in [2.75, 3.05) is 22.6 Å². The molecule has 2 aromatic rings. The molecular weight excluding hydrogens is 508 g/mol. The van der Waals surface area contributed by atoms with Gasteiger partial charge in [-0.1, -0.05) is 49.6 Å². The average molecular weight is 543 g/mol. The number of carbonyl (C=O) groups is 2. The molecule has 1 aromatic heterocycles. The van der Waals surface area contributed by atoms with Gasteiger partial charge in [0.25, 0.3) is 0 Å². The topological polar surface area (TPSA) is 138 Å². The van der Waals surface area contributed by atoms with Gasteiger partial charge in [-0.3, -0.25) is 14.4 Å². The van der Waals surface area contributed by atoms with Gasteiger partial charge >= 0.3 is 0 Å². The first-order valence-electron chi connectivity index (χ1n) is 13.1. The zero-order valence-corrected chi connectivity index (χ0v) is 22.0. The van der Waals surface area contributed by atoms with Gasteiger partial charge in [0.2, 0.25) is 17.8 Å². The average Bonchev–Trinajstić information content (AvgIpc) is 3.47. The van der Waals surface area contributed by atoms with Gasteiger partial charge in [0, 0.05) is 12.0 Å². The summed E-state index contributed by atoms with van der Waals surface area (Å²) in [5.74, 6) is 0.344. The Balaban J connectivity index is 1.35. The maximum atomic E-state index is 12.8. The number of carbonyl (C=O) groups excluding carboxylic acids is 2. The lowest BCUT2D eigenvalue weighted by atomic mass is 9.85. The summed E-state index contributed by atoms with van der Waals surface area (Å²) in [5.41, 5.74) is 3.78. The SMILES string of the molecule is C=CC(=O)Nc1ccccc1Nc1nc(NC2CCCC(C(=O)NOC(CO)C3CCCC3)C2)ncc1Cl. The highest BCUT2D eigenvalue weighted by molar-refractivity contribution is 6.33. The van der Waals surface area contributed by atoms with Crippen LogP contribution in [0.5, 0.6) is 0 Å². The molecule has 1 heterocycles. The molecule has 2 saturated carbocycles. The number of rotatable bonds is 11. The number of hydrogen-bond acceptors (Lipinski definition) is 8. The van der Waals surface area contributed by atoms with Crippen LogP contribution in [0, 0.1) is 11.8 Å². The van der Waals surface area contributed by atoms with E-state index in [0.717, 1.165) is 44.9 Å². The second-order valence-corrected chi connectivity index (χ2v) is 10.2. The molecule has 4 rings (SSSR count). The van der Waals surface area contributed by atoms with E-state index >= 15 is 0 Å². The highest BCUT2D eigenvalue weighted by Crippen LogP contribution is 2.31. The Morgan fingerprint density at radius 3 is 2.66 bits per heavy atom. The minimum absolute atomic E-state index is 0.00355. The number of benzene rings is 1. The molecule has 2 aliphatic rings. The second kappa shape index (κ2) is 13.5. The summed E-state index contributed by atoms with van der Waals surface area (Å²) in [6, 6.07) is 7.18. The summed E-state index contributed by atoms with van der Waals surface area (Å²) >= 11 is 6.35. The molecule has 0 bridgehead atoms. The van der Waals surface area contributed by atoms with Gasteiger partial charge in [0.15, 0.2) is 5.82 Å². The number of aromatic nitrogens is 2. The number of aliphatic hydroxyl groups excluding tert-OH is 1. The van der Waals surface area contributed by atoms with Crippen molar-refractivity contribution in [3.05, 3.63) is 48.1 Å². The summed E-state index contributed by atoms with van der Waals surface area (Å²) < 4.78 is 0. The van der Waals surface area contributed by atoms with Gasteiger partial charge in [0.1, 0.15) is 11.1 Å². The number of halogens is 1. The molecule has 204 valence electrons. The van der Waals surface area contributed by atoms with Crippen LogP contribution in [0.1, 0.15) is 51.4 Å². The Labute approximate surface area is 227 Å². The largest absolute Gasteiger partial charge is 0.394 e. The third-order valence-corrected chi connectivity index (χ3v) is 7.44. The van der Waals surface area contributed by atoms with Crippen molar-refractivity contribution in [1.82, 2.24) is 15.4 Å². The van der Waals surface area contributed by atoms with Crippen LogP contribution in [0.25, 0.3) is 0 Å². The number of hydrogen-bond donors (Lipinski definition) is 5. The summed E-state index contributed by atoms with van der Waals surface area (Å²) in [5, 5.41) is 19.2. The summed E-state index contributed by atoms with van der Waals surface area (Å²) in [7, 11) is 0. The van der Waals surface area contributed by atoms with Gasteiger partial charge in [0.05, 0.1) is 24.2 Å². The molecular formula is C27H35ClN6O4. The Bertz CT molecular complexity index is 1130. The highest BCUT2D eigenvalue weighted by atomic mass is 35.5. The van der Waals surface area contributed by atoms with Crippen molar-refractivity contribution in [3.63, 3.8) is 0 Å². The van der Waals surface area contributed by atoms with Crippen molar-refractivity contribution in [1.29, 1.82) is 0 Å². The molecule has 0 saturated heterocycles. The van der Waals surface area contributed by atoms with E-state index < -0.39 is 0 Å². The van der Waals surface area contributed by atoms with Crippen LogP contribution in [0.3, 0.4) is 0 Å². The Morgan fingerprint density at radius 1 is 1.16 bits per heavy atom. The monoisotopic (exact) mass is 542 g/mol. The molecule has 5 N–H and O–H groups in total. The molecule has 0 radical (unpaired) electrons. The van der Waals surface area contributed by atoms with Crippen molar-refractivity contribution in [2.45, 2.75) is 63.5 Å². The molecule has 2 aliphatic carbocycles. The van der Waals surface area contributed by atoms with E-state index in [1.807, 2.05) is 6.07 Å². The molecule has 3 atom stereocenters. The molecule has 2 fully saturated rings. The summed E-state index contributed by atoms with van der Waals surface area (Å²) in [4.78, 5) is 39.1. The Morgan fingerprint density at radius 2 is 1.92 bits per heavy atom. The van der Waals surface area contributed by atoms with Crippen LogP contribution in [-0.2, 0) is 14.4 Å². The van der Waals surface area contributed by atoms with Gasteiger partial charge in [-0.25, -0.2) is 10.5 Å². The number of hydroxylamine groups is 1. The maximum absolute atomic E-state index is 12.8. The molecule has 11 heteroatoms. The lowest BCUT2D eigenvalue weighted by Crippen LogP contribution is -2.41. The van der Waals surface area contributed by atoms with Crippen molar-refractivity contribution < 1.29 is 19.5 Å². The minimum atomic E-state index is -0.359. The van der Waals surface area contributed by atoms with E-state index in [2.05, 4.69) is 38.0 Å². The van der Waals surface area contributed by atoms with Crippen LogP contribution < -0.4 is 21.4 Å². The van der Waals surface area contributed by atoms with E-state index in [-0.39, 0.29) is 42.4 Å². The van der Waals surface area contributed by atoms with Crippen LogP contribution in [0.2, 0.25) is 5.02 Å². The highest BCUT2D eigenvalue weighted by Gasteiger charge is 2.30. The Hall–Kier alpha value is -3.21. The third kappa shape index (κ3) is 7.43. The third-order valence-electron chi connectivity index (χ3n) is 7.16. The number of nitrogens with zero attached hydrogens (tertiary/aromatic N) is 2. The summed E-state index contributed by atoms with van der Waals surface area (Å²) in [6.45, 7) is 3.38. The van der Waals surface area contributed by atoms with Crippen molar-refractivity contribution in [2.24, 2.45) is 11.8 Å². The van der Waals surface area contributed by atoms with Crippen LogP contribution in [0.15, 0.2) is 43.1 Å². The zero-order chi connectivity index (χ0) is 26.9. The van der Waals surface area contributed by atoms with Gasteiger partial charge in [-0.2, -0.15) is 4.98 Å². The standard InChI is InChI=1S/C27H35ClN6O4/c1-2-24(36)31-21-12-5-6-13-22(21)32-25-20(28)15-29-27(33-25)30-19-11-7-10-18(14-19)26(37)34-38-23(16-35)17-8-3-4-9-17/h2,5-6,12-13,15,17-19,23,35H,1,3-4,7-11,14,16H2,(H,31,36)(H,34,37)(H2,29,30,32,33). The van der Waals surface area contributed by atoms with Crippen molar-refractivity contribution >= 4 is 46.6 Å². The predicted octanol–water partition coefficient (Wildman–Crippen LogP) is 4.57. The molecule has 38 heavy (non-hydrogen) atoms. The maximum Gasteiger partial charge on any atom is 0.247 e. The molecule has 0 spiro atoms. The molecule has 1 aromatic carbocycles. The Kier molecular flexibility index (Phi) is 9.91. The van der Waals surface area contributed by atoms with Gasteiger partial charge in [-0.05, 0) is 56.2 Å². The van der Waals surface area contributed by atoms with Crippen LogP contribution in [-0.4, -0.2) is 45.6 Å². The van der Waals surface area contributed by atoms with E-state index in [4.69, 9.17) is 16.4 Å². The molecule has 10 nitrogen and oxygen atoms in total. The number of para-hydroxylation sites is 2. The zero-order valence-electron chi connectivity index (χ0n) is 21.3. The summed E-state index contributed by atoms with van der Waals surface area (Å²) in [6.07, 6.45) is 9.76. The first-order valence-corrected chi connectivity index (χ1v) is 13.5. The first kappa shape index (κ1) is 27.8. The number of aliphatic hydroxyl groups is 1. The second-order valence-electron chi connectivity index (χ2n) is 9.81. The number of amides is 2. The molecule has 0 aliphatic heterocycles. The van der Waals surface area contributed by atoms with E-state index in [1.54, 1.807) is 18.2 Å². The lowest BCUT2D eigenvalue weighted by Gasteiger charge is -2.30. The fourth-order valence-electron chi connectivity index (χ4n) is 5.11. The lowest BCUT2D eigenvalue weighted by molar-refractivity contribution is -0.149. The van der Waals surface area contributed by atoms with Gasteiger partial charge in [-0.15, -0.1) is 0 Å². The van der Waals surface area contributed by atoms with Gasteiger partial charge < -0.3 is 21.1 Å². The predicted molar refractivity (Wildman–Crippen MR) is 147 cm³/mol. The normalized spacial score (nSPS) is 20.4. The fourth-order valence-corrected chi connectivity index (χ4v) is 5.25. The number of anilines is 4. The minimum Gasteiger partial charge on any atom is -0.394 e. The smallest absolute Gasteiger partial charge is 0.247 e. The molecule has 2 amide bonds.